The van der Waals surface area contributed by atoms with Crippen molar-refractivity contribution < 1.29 is 0 Å². The third kappa shape index (κ3) is 3.15. The van der Waals surface area contributed by atoms with Crippen molar-refractivity contribution in [1.29, 1.82) is 0 Å². The zero-order chi connectivity index (χ0) is 11.2. The summed E-state index contributed by atoms with van der Waals surface area (Å²) in [6.07, 6.45) is 5.42. The number of nitrogens with zero attached hydrogens (tertiary/aromatic N) is 3. The average Bonchev–Trinajstić information content (AvgIpc) is 2.84. The Bertz CT molecular complexity index is 280. The van der Waals surface area contributed by atoms with Crippen molar-refractivity contribution in [3.63, 3.8) is 0 Å². The molecule has 1 saturated heterocycles. The second-order valence-electron chi connectivity index (χ2n) is 4.36. The molecule has 0 amide bonds. The first-order chi connectivity index (χ1) is 7.90. The molecule has 16 heavy (non-hydrogen) atoms. The van der Waals surface area contributed by atoms with E-state index < -0.39 is 0 Å². The predicted octanol–water partition coefficient (Wildman–Crippen LogP) is 1.75. The van der Waals surface area contributed by atoms with Crippen LogP contribution in [0.3, 0.4) is 0 Å². The number of piperidine rings is 1. The van der Waals surface area contributed by atoms with E-state index in [9.17, 15) is 0 Å². The number of anilines is 1. The van der Waals surface area contributed by atoms with E-state index in [-0.39, 0.29) is 0 Å². The number of nitrogens with one attached hydrogen (secondary N) is 1. The smallest absolute Gasteiger partial charge is 0.204 e. The fraction of sp³-hybridized carbons (Fsp3) is 0.818. The molecule has 0 bridgehead atoms. The highest BCUT2D eigenvalue weighted by Crippen LogP contribution is 2.23. The minimum Gasteiger partial charge on any atom is -0.347 e. The highest BCUT2D eigenvalue weighted by molar-refractivity contribution is 7.09. The Morgan fingerprint density at radius 1 is 1.50 bits per heavy atom. The van der Waals surface area contributed by atoms with E-state index in [1.807, 2.05) is 0 Å². The molecule has 1 aromatic heterocycles. The minimum absolute atomic E-state index is 0.843. The van der Waals surface area contributed by atoms with E-state index in [1.165, 1.54) is 37.3 Å². The largest absolute Gasteiger partial charge is 0.347 e. The summed E-state index contributed by atoms with van der Waals surface area (Å²) < 4.78 is 4.05. The van der Waals surface area contributed by atoms with Gasteiger partial charge in [0, 0.05) is 24.6 Å². The molecular formula is C11H20N4S. The van der Waals surface area contributed by atoms with Crippen LogP contribution in [0.2, 0.25) is 0 Å². The van der Waals surface area contributed by atoms with Gasteiger partial charge in [-0.25, -0.2) is 4.98 Å². The van der Waals surface area contributed by atoms with Crippen molar-refractivity contribution in [2.24, 2.45) is 5.92 Å². The summed E-state index contributed by atoms with van der Waals surface area (Å²) >= 11 is 1.50. The summed E-state index contributed by atoms with van der Waals surface area (Å²) in [6.45, 7) is 6.81. The minimum atomic E-state index is 0.843. The molecule has 90 valence electrons. The van der Waals surface area contributed by atoms with E-state index in [4.69, 9.17) is 0 Å². The molecule has 4 nitrogen and oxygen atoms in total. The lowest BCUT2D eigenvalue weighted by atomic mass is 9.97. The van der Waals surface area contributed by atoms with E-state index in [0.29, 0.717) is 0 Å². The van der Waals surface area contributed by atoms with Gasteiger partial charge in [-0.3, -0.25) is 0 Å². The average molecular weight is 240 g/mol. The van der Waals surface area contributed by atoms with Crippen molar-refractivity contribution in [3.8, 4) is 0 Å². The van der Waals surface area contributed by atoms with Crippen LogP contribution in [0.15, 0.2) is 6.33 Å². The Morgan fingerprint density at radius 2 is 2.31 bits per heavy atom. The van der Waals surface area contributed by atoms with Crippen molar-refractivity contribution in [1.82, 2.24) is 14.7 Å². The third-order valence-corrected chi connectivity index (χ3v) is 3.82. The Balaban J connectivity index is 1.70. The number of rotatable bonds is 5. The van der Waals surface area contributed by atoms with Gasteiger partial charge in [-0.15, -0.1) is 0 Å². The molecule has 0 aliphatic carbocycles. The van der Waals surface area contributed by atoms with Crippen molar-refractivity contribution in [2.45, 2.75) is 26.2 Å². The Labute approximate surface area is 101 Å². The van der Waals surface area contributed by atoms with Crippen LogP contribution in [0.5, 0.6) is 0 Å². The van der Waals surface area contributed by atoms with Gasteiger partial charge in [0.2, 0.25) is 5.13 Å². The van der Waals surface area contributed by atoms with Gasteiger partial charge in [-0.2, -0.15) is 4.37 Å². The second kappa shape index (κ2) is 6.15. The van der Waals surface area contributed by atoms with Crippen LogP contribution in [0, 0.1) is 5.92 Å². The van der Waals surface area contributed by atoms with Crippen LogP contribution >= 0.6 is 11.5 Å². The lowest BCUT2D eigenvalue weighted by molar-refractivity contribution is 0.383. The summed E-state index contributed by atoms with van der Waals surface area (Å²) in [4.78, 5) is 6.61. The SMILES string of the molecule is CCCNCC1CCN(c2ncns2)CC1. The zero-order valence-corrected chi connectivity index (χ0v) is 10.7. The van der Waals surface area contributed by atoms with Gasteiger partial charge in [0.25, 0.3) is 0 Å². The van der Waals surface area contributed by atoms with Gasteiger partial charge in [0.15, 0.2) is 0 Å². The fourth-order valence-electron chi connectivity index (χ4n) is 2.12. The second-order valence-corrected chi connectivity index (χ2v) is 5.12. The maximum absolute atomic E-state index is 4.26. The van der Waals surface area contributed by atoms with Gasteiger partial charge in [0.1, 0.15) is 6.33 Å². The van der Waals surface area contributed by atoms with Crippen LogP contribution < -0.4 is 10.2 Å². The lowest BCUT2D eigenvalue weighted by Crippen LogP contribution is -2.37. The summed E-state index contributed by atoms with van der Waals surface area (Å²) in [6, 6.07) is 0. The number of aromatic nitrogens is 2. The quantitative estimate of drug-likeness (QED) is 0.796. The first-order valence-corrected chi connectivity index (χ1v) is 6.90. The molecule has 0 atom stereocenters. The van der Waals surface area contributed by atoms with E-state index in [1.54, 1.807) is 6.33 Å². The van der Waals surface area contributed by atoms with E-state index in [2.05, 4.69) is 26.5 Å². The Kier molecular flexibility index (Phi) is 4.54. The first-order valence-electron chi connectivity index (χ1n) is 6.12. The third-order valence-electron chi connectivity index (χ3n) is 3.09. The van der Waals surface area contributed by atoms with E-state index in [0.717, 1.165) is 30.7 Å². The van der Waals surface area contributed by atoms with E-state index >= 15 is 0 Å². The maximum Gasteiger partial charge on any atom is 0.204 e. The topological polar surface area (TPSA) is 41.0 Å². The van der Waals surface area contributed by atoms with Crippen LogP contribution in [-0.4, -0.2) is 35.5 Å². The molecule has 0 saturated carbocycles. The maximum atomic E-state index is 4.26. The van der Waals surface area contributed by atoms with Crippen LogP contribution in [0.25, 0.3) is 0 Å². The normalized spacial score (nSPS) is 17.9. The summed E-state index contributed by atoms with van der Waals surface area (Å²) in [5, 5.41) is 4.59. The first kappa shape index (κ1) is 11.8. The zero-order valence-electron chi connectivity index (χ0n) is 9.85. The molecule has 1 aliphatic rings. The molecule has 1 aromatic rings. The van der Waals surface area contributed by atoms with Crippen molar-refractivity contribution in [3.05, 3.63) is 6.33 Å². The monoisotopic (exact) mass is 240 g/mol. The molecule has 0 radical (unpaired) electrons. The lowest BCUT2D eigenvalue weighted by Gasteiger charge is -2.31. The van der Waals surface area contributed by atoms with Gasteiger partial charge in [-0.05, 0) is 38.3 Å². The molecule has 0 unspecified atom stereocenters. The van der Waals surface area contributed by atoms with Crippen LogP contribution in [-0.2, 0) is 0 Å². The summed E-state index contributed by atoms with van der Waals surface area (Å²) in [5.41, 5.74) is 0. The van der Waals surface area contributed by atoms with Gasteiger partial charge < -0.3 is 10.2 Å². The Morgan fingerprint density at radius 3 is 2.94 bits per heavy atom. The molecule has 1 fully saturated rings. The Hall–Kier alpha value is -0.680. The molecule has 0 spiro atoms. The molecule has 2 rings (SSSR count). The molecule has 1 aliphatic heterocycles. The summed E-state index contributed by atoms with van der Waals surface area (Å²) in [5.74, 6) is 0.843. The van der Waals surface area contributed by atoms with Crippen molar-refractivity contribution >= 4 is 16.7 Å². The molecule has 5 heteroatoms. The summed E-state index contributed by atoms with van der Waals surface area (Å²) in [7, 11) is 0. The molecule has 0 aromatic carbocycles. The number of hydrogen-bond donors (Lipinski definition) is 1. The van der Waals surface area contributed by atoms with Crippen LogP contribution in [0.4, 0.5) is 5.13 Å². The van der Waals surface area contributed by atoms with Gasteiger partial charge in [0.05, 0.1) is 0 Å². The number of hydrogen-bond acceptors (Lipinski definition) is 5. The van der Waals surface area contributed by atoms with Crippen molar-refractivity contribution in [2.75, 3.05) is 31.1 Å². The predicted molar refractivity (Wildman–Crippen MR) is 68.0 cm³/mol. The molecular weight excluding hydrogens is 220 g/mol. The molecule has 2 heterocycles. The van der Waals surface area contributed by atoms with Crippen LogP contribution in [0.1, 0.15) is 26.2 Å². The standard InChI is InChI=1S/C11H20N4S/c1-2-5-12-8-10-3-6-15(7-4-10)11-13-9-14-16-11/h9-10,12H,2-8H2,1H3. The van der Waals surface area contributed by atoms with Gasteiger partial charge >= 0.3 is 0 Å². The molecule has 1 N–H and O–H groups in total. The highest BCUT2D eigenvalue weighted by atomic mass is 32.1. The van der Waals surface area contributed by atoms with Gasteiger partial charge in [-0.1, -0.05) is 6.92 Å². The fourth-order valence-corrected chi connectivity index (χ4v) is 2.70. The highest BCUT2D eigenvalue weighted by Gasteiger charge is 2.20.